The number of para-hydroxylation sites is 1. The lowest BCUT2D eigenvalue weighted by atomic mass is 9.95. The molecule has 3 nitrogen and oxygen atoms in total. The molecule has 138 valence electrons. The molecule has 1 aliphatic rings. The summed E-state index contributed by atoms with van der Waals surface area (Å²) in [5.41, 5.74) is 0.264. The van der Waals surface area contributed by atoms with Gasteiger partial charge in [-0.15, -0.1) is 0 Å². The third kappa shape index (κ3) is 4.30. The number of carbonyl (C=O) groups excluding carboxylic acids is 1. The normalized spacial score (nSPS) is 15.8. The van der Waals surface area contributed by atoms with Crippen LogP contribution in [0.3, 0.4) is 0 Å². The fourth-order valence-corrected chi connectivity index (χ4v) is 3.24. The van der Waals surface area contributed by atoms with E-state index in [9.17, 15) is 18.0 Å². The third-order valence-corrected chi connectivity index (χ3v) is 4.87. The first-order chi connectivity index (χ1) is 12.3. The minimum Gasteiger partial charge on any atom is -0.371 e. The van der Waals surface area contributed by atoms with Crippen LogP contribution in [0.4, 0.5) is 24.5 Å². The first-order valence-electron chi connectivity index (χ1n) is 8.32. The number of halogens is 4. The van der Waals surface area contributed by atoms with E-state index in [0.29, 0.717) is 12.8 Å². The van der Waals surface area contributed by atoms with Crippen LogP contribution >= 0.6 is 11.6 Å². The number of nitrogens with zero attached hydrogens (tertiary/aromatic N) is 1. The molecule has 0 unspecified atom stereocenters. The maximum atomic E-state index is 12.8. The van der Waals surface area contributed by atoms with E-state index in [1.807, 2.05) is 30.3 Å². The van der Waals surface area contributed by atoms with Gasteiger partial charge in [0.15, 0.2) is 0 Å². The largest absolute Gasteiger partial charge is 0.416 e. The molecule has 1 aliphatic heterocycles. The van der Waals surface area contributed by atoms with Crippen LogP contribution in [0.5, 0.6) is 0 Å². The van der Waals surface area contributed by atoms with Crippen LogP contribution in [0.1, 0.15) is 18.4 Å². The van der Waals surface area contributed by atoms with E-state index in [2.05, 4.69) is 10.2 Å². The van der Waals surface area contributed by atoms with Gasteiger partial charge in [-0.05, 0) is 43.2 Å². The average molecular weight is 383 g/mol. The topological polar surface area (TPSA) is 32.3 Å². The Morgan fingerprint density at radius 2 is 1.73 bits per heavy atom. The molecule has 7 heteroatoms. The summed E-state index contributed by atoms with van der Waals surface area (Å²) < 4.78 is 38.5. The molecular formula is C19H18ClF3N2O. The molecule has 1 saturated heterocycles. The summed E-state index contributed by atoms with van der Waals surface area (Å²) in [7, 11) is 0. The molecule has 1 fully saturated rings. The van der Waals surface area contributed by atoms with Crippen molar-refractivity contribution in [2.24, 2.45) is 5.92 Å². The highest BCUT2D eigenvalue weighted by molar-refractivity contribution is 6.33. The molecule has 0 aromatic heterocycles. The van der Waals surface area contributed by atoms with E-state index in [-0.39, 0.29) is 22.5 Å². The molecule has 0 radical (unpaired) electrons. The zero-order valence-electron chi connectivity index (χ0n) is 13.9. The fraction of sp³-hybridized carbons (Fsp3) is 0.316. The summed E-state index contributed by atoms with van der Waals surface area (Å²) in [5, 5.41) is 2.65. The van der Waals surface area contributed by atoms with E-state index in [0.717, 1.165) is 37.0 Å². The summed E-state index contributed by atoms with van der Waals surface area (Å²) in [6.07, 6.45) is -3.21. The number of hydrogen-bond donors (Lipinski definition) is 1. The minimum atomic E-state index is -4.48. The van der Waals surface area contributed by atoms with Crippen molar-refractivity contribution in [1.29, 1.82) is 0 Å². The zero-order chi connectivity index (χ0) is 18.7. The second kappa shape index (κ2) is 7.58. The second-order valence-corrected chi connectivity index (χ2v) is 6.69. The molecule has 0 aliphatic carbocycles. The van der Waals surface area contributed by atoms with Crippen LogP contribution in [0.25, 0.3) is 0 Å². The summed E-state index contributed by atoms with van der Waals surface area (Å²) in [6, 6.07) is 12.8. The standard InChI is InChI=1S/C19H18ClF3N2O/c20-16-7-6-14(19(21,22)23)12-17(16)24-18(26)13-8-10-25(11-9-13)15-4-2-1-3-5-15/h1-7,12-13H,8-11H2,(H,24,26). The van der Waals surface area contributed by atoms with E-state index in [1.165, 1.54) is 0 Å². The summed E-state index contributed by atoms with van der Waals surface area (Å²) in [6.45, 7) is 1.44. The van der Waals surface area contributed by atoms with Crippen molar-refractivity contribution >= 4 is 28.9 Å². The first kappa shape index (κ1) is 18.6. The smallest absolute Gasteiger partial charge is 0.371 e. The molecule has 3 rings (SSSR count). The Morgan fingerprint density at radius 1 is 1.08 bits per heavy atom. The van der Waals surface area contributed by atoms with Crippen molar-refractivity contribution in [3.05, 3.63) is 59.1 Å². The maximum Gasteiger partial charge on any atom is 0.416 e. The molecule has 2 aromatic rings. The Hall–Kier alpha value is -2.21. The Kier molecular flexibility index (Phi) is 5.41. The van der Waals surface area contributed by atoms with Gasteiger partial charge in [-0.3, -0.25) is 4.79 Å². The van der Waals surface area contributed by atoms with Crippen molar-refractivity contribution in [2.45, 2.75) is 19.0 Å². The van der Waals surface area contributed by atoms with Crippen LogP contribution in [-0.2, 0) is 11.0 Å². The van der Waals surface area contributed by atoms with E-state index < -0.39 is 11.7 Å². The van der Waals surface area contributed by atoms with Gasteiger partial charge in [0.2, 0.25) is 5.91 Å². The predicted molar refractivity (Wildman–Crippen MR) is 96.5 cm³/mol. The lowest BCUT2D eigenvalue weighted by molar-refractivity contribution is -0.137. The second-order valence-electron chi connectivity index (χ2n) is 6.28. The lowest BCUT2D eigenvalue weighted by Crippen LogP contribution is -2.38. The first-order valence-corrected chi connectivity index (χ1v) is 8.70. The number of nitrogens with one attached hydrogen (secondary N) is 1. The Morgan fingerprint density at radius 3 is 2.35 bits per heavy atom. The third-order valence-electron chi connectivity index (χ3n) is 4.54. The number of benzene rings is 2. The quantitative estimate of drug-likeness (QED) is 0.789. The van der Waals surface area contributed by atoms with E-state index >= 15 is 0 Å². The summed E-state index contributed by atoms with van der Waals surface area (Å²) >= 11 is 5.94. The molecule has 1 amide bonds. The molecule has 26 heavy (non-hydrogen) atoms. The van der Waals surface area contributed by atoms with Gasteiger partial charge in [-0.1, -0.05) is 29.8 Å². The van der Waals surface area contributed by atoms with Gasteiger partial charge in [-0.2, -0.15) is 13.2 Å². The predicted octanol–water partition coefficient (Wildman–Crippen LogP) is 5.21. The Balaban J connectivity index is 1.63. The van der Waals surface area contributed by atoms with E-state index in [4.69, 9.17) is 11.6 Å². The van der Waals surface area contributed by atoms with Gasteiger partial charge in [0.25, 0.3) is 0 Å². The van der Waals surface area contributed by atoms with Crippen LogP contribution in [0, 0.1) is 5.92 Å². The van der Waals surface area contributed by atoms with Crippen molar-refractivity contribution in [1.82, 2.24) is 0 Å². The van der Waals surface area contributed by atoms with Crippen LogP contribution in [0.15, 0.2) is 48.5 Å². The van der Waals surface area contributed by atoms with E-state index in [1.54, 1.807) is 0 Å². The lowest BCUT2D eigenvalue weighted by Gasteiger charge is -2.33. The van der Waals surface area contributed by atoms with Crippen molar-refractivity contribution < 1.29 is 18.0 Å². The number of anilines is 2. The zero-order valence-corrected chi connectivity index (χ0v) is 14.6. The minimum absolute atomic E-state index is 0.00280. The SMILES string of the molecule is O=C(Nc1cc(C(F)(F)F)ccc1Cl)C1CCN(c2ccccc2)CC1. The van der Waals surface area contributed by atoms with Crippen LogP contribution in [0.2, 0.25) is 5.02 Å². The van der Waals surface area contributed by atoms with Gasteiger partial charge < -0.3 is 10.2 Å². The summed E-state index contributed by atoms with van der Waals surface area (Å²) in [4.78, 5) is 14.6. The number of carbonyl (C=O) groups is 1. The number of amides is 1. The van der Waals surface area contributed by atoms with Crippen molar-refractivity contribution in [3.63, 3.8) is 0 Å². The maximum absolute atomic E-state index is 12.8. The molecule has 0 saturated carbocycles. The molecule has 0 spiro atoms. The van der Waals surface area contributed by atoms with Crippen LogP contribution in [-0.4, -0.2) is 19.0 Å². The number of piperidine rings is 1. The van der Waals surface area contributed by atoms with Gasteiger partial charge in [0.1, 0.15) is 0 Å². The highest BCUT2D eigenvalue weighted by atomic mass is 35.5. The Labute approximate surface area is 154 Å². The van der Waals surface area contributed by atoms with Crippen molar-refractivity contribution in [2.75, 3.05) is 23.3 Å². The summed E-state index contributed by atoms with van der Waals surface area (Å²) in [5.74, 6) is -0.542. The molecule has 0 atom stereocenters. The number of hydrogen-bond acceptors (Lipinski definition) is 2. The van der Waals surface area contributed by atoms with Gasteiger partial charge in [0, 0.05) is 24.7 Å². The van der Waals surface area contributed by atoms with Gasteiger partial charge in [-0.25, -0.2) is 0 Å². The molecule has 1 N–H and O–H groups in total. The Bertz CT molecular complexity index is 772. The number of alkyl halides is 3. The molecule has 2 aromatic carbocycles. The van der Waals surface area contributed by atoms with Crippen LogP contribution < -0.4 is 10.2 Å². The highest BCUT2D eigenvalue weighted by Gasteiger charge is 2.31. The van der Waals surface area contributed by atoms with Gasteiger partial charge in [0.05, 0.1) is 16.3 Å². The van der Waals surface area contributed by atoms with Crippen molar-refractivity contribution in [3.8, 4) is 0 Å². The number of rotatable bonds is 3. The average Bonchev–Trinajstić information content (AvgIpc) is 2.63. The highest BCUT2D eigenvalue weighted by Crippen LogP contribution is 2.34. The van der Waals surface area contributed by atoms with Gasteiger partial charge >= 0.3 is 6.18 Å². The molecular weight excluding hydrogens is 365 g/mol. The molecule has 1 heterocycles. The molecule has 0 bridgehead atoms. The fourth-order valence-electron chi connectivity index (χ4n) is 3.07. The monoisotopic (exact) mass is 382 g/mol.